The van der Waals surface area contributed by atoms with Crippen molar-refractivity contribution in [3.8, 4) is 5.75 Å². The van der Waals surface area contributed by atoms with Gasteiger partial charge in [0.2, 0.25) is 0 Å². The number of pyridine rings is 1. The Labute approximate surface area is 184 Å². The largest absolute Gasteiger partial charge is 0.487 e. The summed E-state index contributed by atoms with van der Waals surface area (Å²) in [5.74, 6) is 0.335. The van der Waals surface area contributed by atoms with E-state index in [0.29, 0.717) is 38.7 Å². The van der Waals surface area contributed by atoms with Crippen molar-refractivity contribution < 1.29 is 23.7 Å². The summed E-state index contributed by atoms with van der Waals surface area (Å²) in [7, 11) is 0. The number of hydrogen-bond acceptors (Lipinski definition) is 7. The lowest BCUT2D eigenvalue weighted by molar-refractivity contribution is -0.160. The van der Waals surface area contributed by atoms with Crippen LogP contribution in [0.1, 0.15) is 31.9 Å². The first-order valence-electron chi connectivity index (χ1n) is 10.6. The molecule has 0 aliphatic carbocycles. The molecule has 2 aromatic rings. The smallest absolute Gasteiger partial charge is 0.332 e. The third-order valence-electron chi connectivity index (χ3n) is 4.73. The quantitative estimate of drug-likeness (QED) is 0.596. The molecule has 1 aliphatic rings. The maximum atomic E-state index is 11.9. The Kier molecular flexibility index (Phi) is 7.87. The fourth-order valence-electron chi connectivity index (χ4n) is 3.28. The van der Waals surface area contributed by atoms with Gasteiger partial charge in [0.1, 0.15) is 24.6 Å². The summed E-state index contributed by atoms with van der Waals surface area (Å²) >= 11 is 0. The lowest BCUT2D eigenvalue weighted by Crippen LogP contribution is -2.48. The summed E-state index contributed by atoms with van der Waals surface area (Å²) < 4.78 is 22.5. The Morgan fingerprint density at radius 2 is 2.00 bits per heavy atom. The molecule has 0 bridgehead atoms. The SMILES string of the molecule is Cc1ccc(COc2cncc(N3CCOC[C@H]3COCC(=O)OC(C)(C)C)c2)cc1. The normalized spacial score (nSPS) is 16.8. The van der Waals surface area contributed by atoms with E-state index in [0.717, 1.165) is 11.3 Å². The number of benzene rings is 1. The molecule has 3 rings (SSSR count). The Morgan fingerprint density at radius 3 is 2.74 bits per heavy atom. The first kappa shape index (κ1) is 23.0. The van der Waals surface area contributed by atoms with E-state index in [1.807, 2.05) is 33.0 Å². The van der Waals surface area contributed by atoms with Crippen LogP contribution in [-0.4, -0.2) is 55.6 Å². The van der Waals surface area contributed by atoms with Crippen molar-refractivity contribution in [1.82, 2.24) is 4.98 Å². The van der Waals surface area contributed by atoms with E-state index in [1.54, 1.807) is 6.20 Å². The number of esters is 1. The van der Waals surface area contributed by atoms with Crippen LogP contribution in [-0.2, 0) is 25.6 Å². The number of aromatic nitrogens is 1. The highest BCUT2D eigenvalue weighted by atomic mass is 16.6. The highest BCUT2D eigenvalue weighted by Gasteiger charge is 2.25. The number of aryl methyl sites for hydroxylation is 1. The van der Waals surface area contributed by atoms with Crippen molar-refractivity contribution in [2.45, 2.75) is 45.9 Å². The van der Waals surface area contributed by atoms with Crippen LogP contribution in [0.4, 0.5) is 5.69 Å². The monoisotopic (exact) mass is 428 g/mol. The van der Waals surface area contributed by atoms with Gasteiger partial charge in [0, 0.05) is 12.6 Å². The van der Waals surface area contributed by atoms with Gasteiger partial charge in [-0.25, -0.2) is 4.79 Å². The van der Waals surface area contributed by atoms with Crippen molar-refractivity contribution in [3.63, 3.8) is 0 Å². The number of hydrogen-bond donors (Lipinski definition) is 0. The molecule has 0 N–H and O–H groups in total. The molecule has 1 aromatic heterocycles. The van der Waals surface area contributed by atoms with Gasteiger partial charge in [-0.05, 0) is 33.3 Å². The van der Waals surface area contributed by atoms with Crippen LogP contribution in [0.25, 0.3) is 0 Å². The molecule has 2 heterocycles. The molecule has 0 unspecified atom stereocenters. The van der Waals surface area contributed by atoms with Gasteiger partial charge in [-0.1, -0.05) is 29.8 Å². The van der Waals surface area contributed by atoms with Crippen molar-refractivity contribution in [1.29, 1.82) is 0 Å². The number of rotatable bonds is 8. The van der Waals surface area contributed by atoms with Gasteiger partial charge in [-0.15, -0.1) is 0 Å². The highest BCUT2D eigenvalue weighted by Crippen LogP contribution is 2.24. The molecule has 1 fully saturated rings. The second kappa shape index (κ2) is 10.6. The molecule has 0 radical (unpaired) electrons. The van der Waals surface area contributed by atoms with E-state index < -0.39 is 5.60 Å². The zero-order chi connectivity index (χ0) is 22.3. The van der Waals surface area contributed by atoms with Crippen molar-refractivity contribution >= 4 is 11.7 Å². The number of carbonyl (C=O) groups excluding carboxylic acids is 1. The molecule has 1 atom stereocenters. The molecule has 7 heteroatoms. The van der Waals surface area contributed by atoms with Crippen LogP contribution in [0.2, 0.25) is 0 Å². The molecule has 7 nitrogen and oxygen atoms in total. The molecule has 168 valence electrons. The van der Waals surface area contributed by atoms with E-state index in [4.69, 9.17) is 18.9 Å². The Bertz CT molecular complexity index is 848. The lowest BCUT2D eigenvalue weighted by atomic mass is 10.2. The summed E-state index contributed by atoms with van der Waals surface area (Å²) in [6.45, 7) is 10.2. The minimum absolute atomic E-state index is 0.0228. The van der Waals surface area contributed by atoms with Crippen LogP contribution in [0.5, 0.6) is 5.75 Å². The minimum atomic E-state index is -0.523. The van der Waals surface area contributed by atoms with Gasteiger partial charge in [0.05, 0.1) is 43.9 Å². The Hall–Kier alpha value is -2.64. The number of carbonyl (C=O) groups is 1. The topological polar surface area (TPSA) is 70.1 Å². The molecule has 1 aliphatic heterocycles. The van der Waals surface area contributed by atoms with E-state index in [2.05, 4.69) is 41.1 Å². The second-order valence-corrected chi connectivity index (χ2v) is 8.68. The molecule has 0 spiro atoms. The van der Waals surface area contributed by atoms with Gasteiger partial charge < -0.3 is 23.8 Å². The molecule has 0 saturated carbocycles. The van der Waals surface area contributed by atoms with Crippen LogP contribution in [0.15, 0.2) is 42.7 Å². The van der Waals surface area contributed by atoms with E-state index in [9.17, 15) is 4.79 Å². The summed E-state index contributed by atoms with van der Waals surface area (Å²) in [6.07, 6.45) is 3.52. The predicted molar refractivity (Wildman–Crippen MR) is 118 cm³/mol. The van der Waals surface area contributed by atoms with Crippen molar-refractivity contribution in [2.75, 3.05) is 37.9 Å². The molecular weight excluding hydrogens is 396 g/mol. The standard InChI is InChI=1S/C24H32N2O5/c1-18-5-7-19(8-6-18)14-30-22-11-20(12-25-13-22)26-9-10-28-15-21(26)16-29-17-23(27)31-24(2,3)4/h5-8,11-13,21H,9-10,14-17H2,1-4H3/t21-/m0/s1. The number of anilines is 1. The van der Waals surface area contributed by atoms with Gasteiger partial charge >= 0.3 is 5.97 Å². The Morgan fingerprint density at radius 1 is 1.23 bits per heavy atom. The summed E-state index contributed by atoms with van der Waals surface area (Å²) in [4.78, 5) is 18.4. The summed E-state index contributed by atoms with van der Waals surface area (Å²) in [6, 6.07) is 10.2. The summed E-state index contributed by atoms with van der Waals surface area (Å²) in [5.41, 5.74) is 2.75. The first-order valence-corrected chi connectivity index (χ1v) is 10.6. The number of ether oxygens (including phenoxy) is 4. The summed E-state index contributed by atoms with van der Waals surface area (Å²) in [5, 5.41) is 0. The van der Waals surface area contributed by atoms with Gasteiger partial charge in [0.25, 0.3) is 0 Å². The van der Waals surface area contributed by atoms with E-state index in [-0.39, 0.29) is 18.6 Å². The highest BCUT2D eigenvalue weighted by molar-refractivity contribution is 5.71. The minimum Gasteiger partial charge on any atom is -0.487 e. The number of morpholine rings is 1. The molecule has 1 saturated heterocycles. The molecule has 31 heavy (non-hydrogen) atoms. The van der Waals surface area contributed by atoms with Gasteiger partial charge in [-0.2, -0.15) is 0 Å². The maximum Gasteiger partial charge on any atom is 0.332 e. The third-order valence-corrected chi connectivity index (χ3v) is 4.73. The zero-order valence-corrected chi connectivity index (χ0v) is 18.8. The average Bonchev–Trinajstić information content (AvgIpc) is 2.73. The van der Waals surface area contributed by atoms with Crippen LogP contribution in [0, 0.1) is 6.92 Å². The van der Waals surface area contributed by atoms with E-state index >= 15 is 0 Å². The number of nitrogens with zero attached hydrogens (tertiary/aromatic N) is 2. The Balaban J connectivity index is 1.57. The predicted octanol–water partition coefficient (Wildman–Crippen LogP) is 3.53. The molecular formula is C24H32N2O5. The lowest BCUT2D eigenvalue weighted by Gasteiger charge is -2.37. The molecule has 0 amide bonds. The molecule has 1 aromatic carbocycles. The van der Waals surface area contributed by atoms with Crippen LogP contribution < -0.4 is 9.64 Å². The fraction of sp³-hybridized carbons (Fsp3) is 0.500. The zero-order valence-electron chi connectivity index (χ0n) is 18.8. The van der Waals surface area contributed by atoms with Crippen LogP contribution >= 0.6 is 0 Å². The van der Waals surface area contributed by atoms with Gasteiger partial charge in [-0.3, -0.25) is 4.98 Å². The van der Waals surface area contributed by atoms with Crippen molar-refractivity contribution in [2.24, 2.45) is 0 Å². The average molecular weight is 429 g/mol. The maximum absolute atomic E-state index is 11.9. The van der Waals surface area contributed by atoms with Gasteiger partial charge in [0.15, 0.2) is 0 Å². The third kappa shape index (κ3) is 7.52. The fourth-order valence-corrected chi connectivity index (χ4v) is 3.28. The van der Waals surface area contributed by atoms with Crippen LogP contribution in [0.3, 0.4) is 0 Å². The second-order valence-electron chi connectivity index (χ2n) is 8.68. The first-order chi connectivity index (χ1) is 14.8. The van der Waals surface area contributed by atoms with E-state index in [1.165, 1.54) is 5.56 Å². The van der Waals surface area contributed by atoms with Crippen molar-refractivity contribution in [3.05, 3.63) is 53.9 Å².